The standard InChI is InChI=1S/C14H25NO/c1-5-11(6-2)8-12-13-9(3)7-10(4)14(13)16-15-12/h9-11,13-14H,5-8H2,1-4H3. The highest BCUT2D eigenvalue weighted by Gasteiger charge is 2.47. The van der Waals surface area contributed by atoms with E-state index in [1.54, 1.807) is 0 Å². The quantitative estimate of drug-likeness (QED) is 0.709. The van der Waals surface area contributed by atoms with Crippen LogP contribution in [0.2, 0.25) is 0 Å². The van der Waals surface area contributed by atoms with Gasteiger partial charge in [-0.25, -0.2) is 0 Å². The van der Waals surface area contributed by atoms with Crippen LogP contribution in [0.5, 0.6) is 0 Å². The van der Waals surface area contributed by atoms with E-state index in [4.69, 9.17) is 4.84 Å². The molecule has 4 atom stereocenters. The van der Waals surface area contributed by atoms with E-state index < -0.39 is 0 Å². The van der Waals surface area contributed by atoms with Crippen LogP contribution < -0.4 is 0 Å². The molecule has 2 nitrogen and oxygen atoms in total. The molecule has 2 heteroatoms. The van der Waals surface area contributed by atoms with Crippen molar-refractivity contribution in [1.82, 2.24) is 0 Å². The summed E-state index contributed by atoms with van der Waals surface area (Å²) in [7, 11) is 0. The van der Waals surface area contributed by atoms with Crippen molar-refractivity contribution in [1.29, 1.82) is 0 Å². The third-order valence-electron chi connectivity index (χ3n) is 4.60. The van der Waals surface area contributed by atoms with Crippen LogP contribution in [0.15, 0.2) is 5.16 Å². The van der Waals surface area contributed by atoms with Gasteiger partial charge in [0.2, 0.25) is 0 Å². The zero-order valence-electron chi connectivity index (χ0n) is 11.1. The van der Waals surface area contributed by atoms with E-state index >= 15 is 0 Å². The number of rotatable bonds is 4. The summed E-state index contributed by atoms with van der Waals surface area (Å²) >= 11 is 0. The maximum atomic E-state index is 5.65. The molecule has 0 N–H and O–H groups in total. The third-order valence-corrected chi connectivity index (χ3v) is 4.60. The first kappa shape index (κ1) is 11.9. The van der Waals surface area contributed by atoms with Crippen molar-refractivity contribution in [3.63, 3.8) is 0 Å². The summed E-state index contributed by atoms with van der Waals surface area (Å²) in [5.74, 6) is 2.86. The van der Waals surface area contributed by atoms with Gasteiger partial charge in [-0.2, -0.15) is 0 Å². The summed E-state index contributed by atoms with van der Waals surface area (Å²) in [6, 6.07) is 0. The van der Waals surface area contributed by atoms with Crippen molar-refractivity contribution >= 4 is 5.71 Å². The molecule has 1 heterocycles. The molecule has 0 aromatic rings. The smallest absolute Gasteiger partial charge is 0.138 e. The predicted molar refractivity (Wildman–Crippen MR) is 67.4 cm³/mol. The van der Waals surface area contributed by atoms with E-state index in [0.717, 1.165) is 18.3 Å². The maximum absolute atomic E-state index is 5.65. The maximum Gasteiger partial charge on any atom is 0.138 e. The first-order valence-corrected chi connectivity index (χ1v) is 6.89. The predicted octanol–water partition coefficient (Wildman–Crippen LogP) is 3.86. The summed E-state index contributed by atoms with van der Waals surface area (Å²) in [6.45, 7) is 9.22. The highest BCUT2D eigenvalue weighted by molar-refractivity contribution is 5.88. The SMILES string of the molecule is CCC(CC)CC1=NOC2C(C)CC(C)C12. The lowest BCUT2D eigenvalue weighted by molar-refractivity contribution is 0.0448. The Morgan fingerprint density at radius 2 is 1.94 bits per heavy atom. The van der Waals surface area contributed by atoms with E-state index in [2.05, 4.69) is 32.9 Å². The molecule has 1 saturated carbocycles. The molecular formula is C14H25NO. The van der Waals surface area contributed by atoms with E-state index in [0.29, 0.717) is 17.9 Å². The van der Waals surface area contributed by atoms with Gasteiger partial charge >= 0.3 is 0 Å². The van der Waals surface area contributed by atoms with Gasteiger partial charge in [-0.15, -0.1) is 0 Å². The van der Waals surface area contributed by atoms with E-state index in [-0.39, 0.29) is 0 Å². The summed E-state index contributed by atoms with van der Waals surface area (Å²) in [5, 5.41) is 4.37. The minimum Gasteiger partial charge on any atom is -0.392 e. The first-order valence-electron chi connectivity index (χ1n) is 6.89. The minimum absolute atomic E-state index is 0.388. The fourth-order valence-electron chi connectivity index (χ4n) is 3.47. The molecule has 0 spiro atoms. The van der Waals surface area contributed by atoms with Gasteiger partial charge < -0.3 is 4.84 Å². The molecule has 16 heavy (non-hydrogen) atoms. The molecule has 2 aliphatic rings. The highest BCUT2D eigenvalue weighted by atomic mass is 16.6. The summed E-state index contributed by atoms with van der Waals surface area (Å²) in [5.41, 5.74) is 1.36. The van der Waals surface area contributed by atoms with Gasteiger partial charge in [0.25, 0.3) is 0 Å². The second-order valence-corrected chi connectivity index (χ2v) is 5.76. The van der Waals surface area contributed by atoms with Crippen LogP contribution in [0.1, 0.15) is 53.4 Å². The Balaban J connectivity index is 2.02. The van der Waals surface area contributed by atoms with Crippen molar-refractivity contribution in [2.24, 2.45) is 28.8 Å². The van der Waals surface area contributed by atoms with Crippen LogP contribution in [0, 0.1) is 23.7 Å². The molecule has 0 bridgehead atoms. The molecule has 1 aliphatic heterocycles. The van der Waals surface area contributed by atoms with Gasteiger partial charge in [-0.1, -0.05) is 45.7 Å². The molecule has 2 rings (SSSR count). The lowest BCUT2D eigenvalue weighted by Crippen LogP contribution is -2.25. The zero-order chi connectivity index (χ0) is 11.7. The van der Waals surface area contributed by atoms with Gasteiger partial charge in [0.15, 0.2) is 0 Å². The molecule has 0 radical (unpaired) electrons. The second-order valence-electron chi connectivity index (χ2n) is 5.76. The largest absolute Gasteiger partial charge is 0.392 e. The lowest BCUT2D eigenvalue weighted by atomic mass is 9.85. The van der Waals surface area contributed by atoms with E-state index in [9.17, 15) is 0 Å². The van der Waals surface area contributed by atoms with E-state index in [1.807, 2.05) is 0 Å². The Bertz CT molecular complexity index is 270. The Hall–Kier alpha value is -0.530. The van der Waals surface area contributed by atoms with Crippen molar-refractivity contribution in [3.8, 4) is 0 Å². The number of fused-ring (bicyclic) bond motifs is 1. The normalized spacial score (nSPS) is 37.4. The van der Waals surface area contributed by atoms with E-state index in [1.165, 1.54) is 25.0 Å². The van der Waals surface area contributed by atoms with Gasteiger partial charge in [0.1, 0.15) is 6.10 Å². The van der Waals surface area contributed by atoms with Crippen molar-refractivity contribution in [2.75, 3.05) is 0 Å². The number of hydrogen-bond acceptors (Lipinski definition) is 2. The summed E-state index contributed by atoms with van der Waals surface area (Å²) in [6.07, 6.45) is 5.37. The topological polar surface area (TPSA) is 21.6 Å². The molecule has 92 valence electrons. The Morgan fingerprint density at radius 3 is 2.56 bits per heavy atom. The molecule has 1 fully saturated rings. The van der Waals surface area contributed by atoms with Crippen molar-refractivity contribution in [2.45, 2.75) is 59.5 Å². The molecule has 4 unspecified atom stereocenters. The van der Waals surface area contributed by atoms with Gasteiger partial charge in [-0.05, 0) is 30.6 Å². The number of oxime groups is 1. The second kappa shape index (κ2) is 4.77. The van der Waals surface area contributed by atoms with Crippen LogP contribution in [-0.2, 0) is 4.84 Å². The van der Waals surface area contributed by atoms with Gasteiger partial charge in [-0.3, -0.25) is 0 Å². The van der Waals surface area contributed by atoms with Crippen molar-refractivity contribution in [3.05, 3.63) is 0 Å². The van der Waals surface area contributed by atoms with Crippen LogP contribution >= 0.6 is 0 Å². The third kappa shape index (κ3) is 1.99. The monoisotopic (exact) mass is 223 g/mol. The molecular weight excluding hydrogens is 198 g/mol. The lowest BCUT2D eigenvalue weighted by Gasteiger charge is -2.18. The molecule has 1 aliphatic carbocycles. The fourth-order valence-corrected chi connectivity index (χ4v) is 3.47. The first-order chi connectivity index (χ1) is 7.67. The average Bonchev–Trinajstić information content (AvgIpc) is 2.79. The highest BCUT2D eigenvalue weighted by Crippen LogP contribution is 2.43. The van der Waals surface area contributed by atoms with Gasteiger partial charge in [0, 0.05) is 5.92 Å². The van der Waals surface area contributed by atoms with Crippen LogP contribution in [0.3, 0.4) is 0 Å². The molecule has 0 aromatic carbocycles. The minimum atomic E-state index is 0.388. The van der Waals surface area contributed by atoms with Crippen LogP contribution in [0.25, 0.3) is 0 Å². The van der Waals surface area contributed by atoms with Crippen molar-refractivity contribution < 1.29 is 4.84 Å². The molecule has 0 aromatic heterocycles. The number of hydrogen-bond donors (Lipinski definition) is 0. The Kier molecular flexibility index (Phi) is 3.56. The van der Waals surface area contributed by atoms with Crippen LogP contribution in [0.4, 0.5) is 0 Å². The average molecular weight is 223 g/mol. The molecule has 0 amide bonds. The number of nitrogens with zero attached hydrogens (tertiary/aromatic N) is 1. The molecule has 0 saturated heterocycles. The zero-order valence-corrected chi connectivity index (χ0v) is 11.1. The summed E-state index contributed by atoms with van der Waals surface area (Å²) in [4.78, 5) is 5.65. The fraction of sp³-hybridized carbons (Fsp3) is 0.929. The Morgan fingerprint density at radius 1 is 1.25 bits per heavy atom. The summed E-state index contributed by atoms with van der Waals surface area (Å²) < 4.78 is 0. The Labute approximate surface area is 99.4 Å². The van der Waals surface area contributed by atoms with Gasteiger partial charge in [0.05, 0.1) is 5.71 Å². The van der Waals surface area contributed by atoms with Crippen LogP contribution in [-0.4, -0.2) is 11.8 Å².